The Labute approximate surface area is 96.8 Å². The minimum atomic E-state index is -0.338. The van der Waals surface area contributed by atoms with E-state index in [1.807, 2.05) is 0 Å². The Kier molecular flexibility index (Phi) is 4.18. The van der Waals surface area contributed by atoms with Crippen LogP contribution in [0.25, 0.3) is 0 Å². The van der Waals surface area contributed by atoms with Crippen molar-refractivity contribution in [2.24, 2.45) is 5.92 Å². The van der Waals surface area contributed by atoms with Gasteiger partial charge in [-0.15, -0.1) is 0 Å². The van der Waals surface area contributed by atoms with Gasteiger partial charge >= 0.3 is 0 Å². The highest BCUT2D eigenvalue weighted by Crippen LogP contribution is 2.32. The van der Waals surface area contributed by atoms with Gasteiger partial charge in [0, 0.05) is 6.54 Å². The van der Waals surface area contributed by atoms with Crippen LogP contribution in [0.1, 0.15) is 38.5 Å². The molecule has 4 heteroatoms. The first kappa shape index (κ1) is 11.9. The quantitative estimate of drug-likeness (QED) is 0.650. The molecule has 92 valence electrons. The maximum Gasteiger partial charge on any atom is 0.237 e. The first-order valence-electron chi connectivity index (χ1n) is 6.46. The van der Waals surface area contributed by atoms with Crippen LogP contribution in [-0.4, -0.2) is 36.2 Å². The van der Waals surface area contributed by atoms with E-state index < -0.39 is 0 Å². The van der Waals surface area contributed by atoms with Crippen LogP contribution in [0.2, 0.25) is 0 Å². The van der Waals surface area contributed by atoms with Crippen LogP contribution in [0.3, 0.4) is 0 Å². The maximum absolute atomic E-state index is 11.8. The zero-order valence-electron chi connectivity index (χ0n) is 9.74. The second kappa shape index (κ2) is 5.64. The molecule has 2 atom stereocenters. The van der Waals surface area contributed by atoms with E-state index in [1.54, 1.807) is 0 Å². The highest BCUT2D eigenvalue weighted by atomic mass is 16.3. The van der Waals surface area contributed by atoms with E-state index in [-0.39, 0.29) is 18.1 Å². The van der Waals surface area contributed by atoms with Crippen molar-refractivity contribution >= 4 is 5.91 Å². The highest BCUT2D eigenvalue weighted by Gasteiger charge is 2.30. The summed E-state index contributed by atoms with van der Waals surface area (Å²) in [6, 6.07) is -0.0473. The van der Waals surface area contributed by atoms with Crippen LogP contribution >= 0.6 is 0 Å². The van der Waals surface area contributed by atoms with Crippen molar-refractivity contribution in [1.29, 1.82) is 0 Å². The van der Waals surface area contributed by atoms with Crippen molar-refractivity contribution in [2.75, 3.05) is 13.1 Å². The monoisotopic (exact) mass is 226 g/mol. The molecule has 3 N–H and O–H groups in total. The van der Waals surface area contributed by atoms with Gasteiger partial charge in [0.15, 0.2) is 0 Å². The molecule has 2 unspecified atom stereocenters. The molecule has 0 aromatic rings. The van der Waals surface area contributed by atoms with E-state index in [0.717, 1.165) is 38.6 Å². The lowest BCUT2D eigenvalue weighted by atomic mass is 10.1. The molecule has 1 aliphatic carbocycles. The second-order valence-corrected chi connectivity index (χ2v) is 5.01. The standard InChI is InChI=1S/C12H22N2O2/c15-11(9-5-6-9)8-14-12(16)10-4-2-1-3-7-13-10/h9-11,13,15H,1-8H2,(H,14,16). The van der Waals surface area contributed by atoms with Crippen LogP contribution in [0.5, 0.6) is 0 Å². The average Bonchev–Trinajstić information content (AvgIpc) is 3.09. The highest BCUT2D eigenvalue weighted by molar-refractivity contribution is 5.81. The fourth-order valence-corrected chi connectivity index (χ4v) is 2.23. The zero-order valence-corrected chi connectivity index (χ0v) is 9.74. The largest absolute Gasteiger partial charge is 0.391 e. The Bertz CT molecular complexity index is 233. The molecule has 1 saturated carbocycles. The zero-order chi connectivity index (χ0) is 11.4. The molecular weight excluding hydrogens is 204 g/mol. The average molecular weight is 226 g/mol. The molecule has 2 rings (SSSR count). The fraction of sp³-hybridized carbons (Fsp3) is 0.917. The molecular formula is C12H22N2O2. The lowest BCUT2D eigenvalue weighted by molar-refractivity contribution is -0.123. The van der Waals surface area contributed by atoms with Crippen LogP contribution in [0, 0.1) is 5.92 Å². The normalized spacial score (nSPS) is 28.2. The van der Waals surface area contributed by atoms with Gasteiger partial charge < -0.3 is 15.7 Å². The lowest BCUT2D eigenvalue weighted by Gasteiger charge is -2.17. The van der Waals surface area contributed by atoms with Gasteiger partial charge in [-0.25, -0.2) is 0 Å². The van der Waals surface area contributed by atoms with E-state index in [1.165, 1.54) is 6.42 Å². The number of aliphatic hydroxyl groups is 1. The number of aliphatic hydroxyl groups excluding tert-OH is 1. The molecule has 2 fully saturated rings. The smallest absolute Gasteiger partial charge is 0.237 e. The third-order valence-electron chi connectivity index (χ3n) is 3.53. The number of carbonyl (C=O) groups excluding carboxylic acids is 1. The third kappa shape index (κ3) is 3.46. The number of rotatable bonds is 4. The summed E-state index contributed by atoms with van der Waals surface area (Å²) in [6.45, 7) is 1.35. The Morgan fingerprint density at radius 1 is 1.31 bits per heavy atom. The summed E-state index contributed by atoms with van der Waals surface area (Å²) in [6.07, 6.45) is 6.30. The maximum atomic E-state index is 11.8. The van der Waals surface area contributed by atoms with Crippen LogP contribution in [-0.2, 0) is 4.79 Å². The first-order chi connectivity index (χ1) is 7.77. The molecule has 0 spiro atoms. The van der Waals surface area contributed by atoms with Crippen molar-refractivity contribution in [3.63, 3.8) is 0 Å². The van der Waals surface area contributed by atoms with Crippen molar-refractivity contribution in [2.45, 2.75) is 50.7 Å². The van der Waals surface area contributed by atoms with E-state index in [4.69, 9.17) is 0 Å². The number of hydrogen-bond acceptors (Lipinski definition) is 3. The number of hydrogen-bond donors (Lipinski definition) is 3. The Balaban J connectivity index is 1.68. The molecule has 0 bridgehead atoms. The van der Waals surface area contributed by atoms with Gasteiger partial charge in [-0.3, -0.25) is 4.79 Å². The Hall–Kier alpha value is -0.610. The number of nitrogens with one attached hydrogen (secondary N) is 2. The molecule has 1 heterocycles. The van der Waals surface area contributed by atoms with Crippen molar-refractivity contribution in [1.82, 2.24) is 10.6 Å². The number of amides is 1. The molecule has 1 aliphatic heterocycles. The fourth-order valence-electron chi connectivity index (χ4n) is 2.23. The summed E-state index contributed by atoms with van der Waals surface area (Å²) < 4.78 is 0. The van der Waals surface area contributed by atoms with Crippen LogP contribution < -0.4 is 10.6 Å². The minimum Gasteiger partial charge on any atom is -0.391 e. The molecule has 1 amide bonds. The molecule has 2 aliphatic rings. The summed E-state index contributed by atoms with van der Waals surface area (Å²) >= 11 is 0. The minimum absolute atomic E-state index is 0.0473. The van der Waals surface area contributed by atoms with Crippen molar-refractivity contribution < 1.29 is 9.90 Å². The Morgan fingerprint density at radius 2 is 2.12 bits per heavy atom. The predicted octanol–water partition coefficient (Wildman–Crippen LogP) is 0.406. The van der Waals surface area contributed by atoms with Gasteiger partial charge in [-0.05, 0) is 38.1 Å². The van der Waals surface area contributed by atoms with Crippen molar-refractivity contribution in [3.05, 3.63) is 0 Å². The molecule has 0 radical (unpaired) electrons. The summed E-state index contributed by atoms with van der Waals surface area (Å²) in [7, 11) is 0. The van der Waals surface area contributed by atoms with Crippen molar-refractivity contribution in [3.8, 4) is 0 Å². The number of carbonyl (C=O) groups is 1. The molecule has 0 aromatic carbocycles. The van der Waals surface area contributed by atoms with E-state index >= 15 is 0 Å². The summed E-state index contributed by atoms with van der Waals surface area (Å²) in [5.74, 6) is 0.490. The van der Waals surface area contributed by atoms with Gasteiger partial charge in [0.2, 0.25) is 5.91 Å². The van der Waals surface area contributed by atoms with Gasteiger partial charge in [-0.1, -0.05) is 12.8 Å². The van der Waals surface area contributed by atoms with E-state index in [0.29, 0.717) is 12.5 Å². The molecule has 16 heavy (non-hydrogen) atoms. The second-order valence-electron chi connectivity index (χ2n) is 5.01. The van der Waals surface area contributed by atoms with Crippen LogP contribution in [0.15, 0.2) is 0 Å². The SMILES string of the molecule is O=C(NCC(O)C1CC1)C1CCCCCN1. The lowest BCUT2D eigenvalue weighted by Crippen LogP contribution is -2.46. The topological polar surface area (TPSA) is 61.4 Å². The van der Waals surface area contributed by atoms with Gasteiger partial charge in [0.1, 0.15) is 0 Å². The molecule has 1 saturated heterocycles. The van der Waals surface area contributed by atoms with Gasteiger partial charge in [0.05, 0.1) is 12.1 Å². The summed E-state index contributed by atoms with van der Waals surface area (Å²) in [5.41, 5.74) is 0. The third-order valence-corrected chi connectivity index (χ3v) is 3.53. The first-order valence-corrected chi connectivity index (χ1v) is 6.46. The van der Waals surface area contributed by atoms with Gasteiger partial charge in [-0.2, -0.15) is 0 Å². The Morgan fingerprint density at radius 3 is 2.88 bits per heavy atom. The molecule has 0 aromatic heterocycles. The summed E-state index contributed by atoms with van der Waals surface area (Å²) in [5, 5.41) is 15.8. The summed E-state index contributed by atoms with van der Waals surface area (Å²) in [4.78, 5) is 11.8. The van der Waals surface area contributed by atoms with Crippen LogP contribution in [0.4, 0.5) is 0 Å². The van der Waals surface area contributed by atoms with E-state index in [9.17, 15) is 9.90 Å². The van der Waals surface area contributed by atoms with E-state index in [2.05, 4.69) is 10.6 Å². The predicted molar refractivity (Wildman–Crippen MR) is 62.0 cm³/mol. The molecule has 4 nitrogen and oxygen atoms in total. The van der Waals surface area contributed by atoms with Gasteiger partial charge in [0.25, 0.3) is 0 Å².